The zero-order chi connectivity index (χ0) is 14.5. The van der Waals surface area contributed by atoms with E-state index < -0.39 is 0 Å². The van der Waals surface area contributed by atoms with Gasteiger partial charge in [-0.15, -0.1) is 0 Å². The van der Waals surface area contributed by atoms with Gasteiger partial charge in [-0.1, -0.05) is 12.1 Å². The molecule has 0 amide bonds. The van der Waals surface area contributed by atoms with Crippen molar-refractivity contribution >= 4 is 27.8 Å². The second-order valence-corrected chi connectivity index (χ2v) is 4.83. The van der Waals surface area contributed by atoms with Crippen LogP contribution in [0.25, 0.3) is 0 Å². The first-order chi connectivity index (χ1) is 9.65. The summed E-state index contributed by atoms with van der Waals surface area (Å²) in [7, 11) is 3.14. The number of para-hydroxylation sites is 2. The fraction of sp³-hybridized carbons (Fsp3) is 0.133. The highest BCUT2D eigenvalue weighted by Gasteiger charge is 2.07. The Balaban J connectivity index is 0.00000220. The van der Waals surface area contributed by atoms with Gasteiger partial charge in [0, 0.05) is 17.8 Å². The quantitative estimate of drug-likeness (QED) is 0.857. The van der Waals surface area contributed by atoms with Crippen molar-refractivity contribution in [2.75, 3.05) is 14.2 Å². The highest BCUT2D eigenvalue weighted by molar-refractivity contribution is 9.10. The van der Waals surface area contributed by atoms with E-state index in [9.17, 15) is 5.11 Å². The first-order valence-electron chi connectivity index (χ1n) is 5.89. The van der Waals surface area contributed by atoms with E-state index in [0.717, 1.165) is 4.47 Å². The molecule has 2 rings (SSSR count). The van der Waals surface area contributed by atoms with Crippen LogP contribution in [0.5, 0.6) is 17.2 Å². The lowest BCUT2D eigenvalue weighted by atomic mass is 10.2. The number of aromatic hydroxyl groups is 1. The molecular weight excluding hydrogens is 338 g/mol. The van der Waals surface area contributed by atoms with Gasteiger partial charge >= 0.3 is 0 Å². The van der Waals surface area contributed by atoms with Gasteiger partial charge < -0.3 is 20.1 Å². The number of phenols is 1. The number of rotatable bonds is 4. The summed E-state index contributed by atoms with van der Waals surface area (Å²) >= 11 is 3.37. The van der Waals surface area contributed by atoms with Crippen molar-refractivity contribution in [2.24, 2.45) is 4.99 Å². The molecule has 2 aromatic rings. The van der Waals surface area contributed by atoms with E-state index >= 15 is 0 Å². The number of halogens is 1. The first-order valence-corrected chi connectivity index (χ1v) is 6.68. The topological polar surface area (TPSA) is 82.5 Å². The Morgan fingerprint density at radius 3 is 2.43 bits per heavy atom. The van der Waals surface area contributed by atoms with E-state index in [4.69, 9.17) is 9.47 Å². The minimum atomic E-state index is 0. The zero-order valence-electron chi connectivity index (χ0n) is 11.6. The number of ether oxygens (including phenoxy) is 2. The maximum absolute atomic E-state index is 9.93. The predicted molar refractivity (Wildman–Crippen MR) is 86.2 cm³/mol. The summed E-state index contributed by atoms with van der Waals surface area (Å²) in [6.45, 7) is 0. The van der Waals surface area contributed by atoms with E-state index in [1.807, 2.05) is 24.3 Å². The molecular formula is C15H16BrNO4. The summed E-state index contributed by atoms with van der Waals surface area (Å²) in [6, 6.07) is 10.7. The van der Waals surface area contributed by atoms with Gasteiger partial charge in [0.1, 0.15) is 22.9 Å². The third-order valence-electron chi connectivity index (χ3n) is 2.73. The van der Waals surface area contributed by atoms with Gasteiger partial charge in [-0.2, -0.15) is 0 Å². The summed E-state index contributed by atoms with van der Waals surface area (Å²) in [5, 5.41) is 9.93. The Morgan fingerprint density at radius 2 is 1.76 bits per heavy atom. The average molecular weight is 354 g/mol. The molecule has 0 aliphatic heterocycles. The molecule has 0 unspecified atom stereocenters. The molecule has 0 spiro atoms. The molecule has 3 N–H and O–H groups in total. The van der Waals surface area contributed by atoms with Crippen LogP contribution in [0.15, 0.2) is 45.9 Å². The van der Waals surface area contributed by atoms with Crippen molar-refractivity contribution in [1.29, 1.82) is 0 Å². The molecule has 0 saturated carbocycles. The number of hydrogen-bond acceptors (Lipinski definition) is 4. The highest BCUT2D eigenvalue weighted by atomic mass is 79.9. The second kappa shape index (κ2) is 7.66. The summed E-state index contributed by atoms with van der Waals surface area (Å²) in [6.07, 6.45) is 1.58. The number of aliphatic imine (C=N–C) groups is 1. The van der Waals surface area contributed by atoms with Gasteiger partial charge in [0.05, 0.1) is 18.7 Å². The highest BCUT2D eigenvalue weighted by Crippen LogP contribution is 2.32. The SMILES string of the molecule is COc1cc(O)c(C=Nc2ccccc2OC)cc1Br.O. The van der Waals surface area contributed by atoms with Crippen LogP contribution in [0.4, 0.5) is 5.69 Å². The lowest BCUT2D eigenvalue weighted by Crippen LogP contribution is -1.89. The monoisotopic (exact) mass is 353 g/mol. The molecule has 0 saturated heterocycles. The summed E-state index contributed by atoms with van der Waals surface area (Å²) in [5.41, 5.74) is 1.28. The minimum Gasteiger partial charge on any atom is -0.507 e. The zero-order valence-corrected chi connectivity index (χ0v) is 13.2. The molecule has 0 fully saturated rings. The lowest BCUT2D eigenvalue weighted by Gasteiger charge is -2.06. The molecule has 21 heavy (non-hydrogen) atoms. The van der Waals surface area contributed by atoms with E-state index in [-0.39, 0.29) is 11.2 Å². The van der Waals surface area contributed by atoms with Crippen molar-refractivity contribution in [3.63, 3.8) is 0 Å². The number of hydrogen-bond donors (Lipinski definition) is 1. The standard InChI is InChI=1S/C15H14BrNO3.H2O/c1-19-14-6-4-3-5-12(14)17-9-10-7-11(16)15(20-2)8-13(10)18;/h3-9,18H,1-2H3;1H2. The van der Waals surface area contributed by atoms with Gasteiger partial charge in [-0.05, 0) is 34.1 Å². The van der Waals surface area contributed by atoms with Crippen LogP contribution in [0.2, 0.25) is 0 Å². The number of nitrogens with zero attached hydrogens (tertiary/aromatic N) is 1. The Morgan fingerprint density at radius 1 is 1.10 bits per heavy atom. The molecule has 0 aromatic heterocycles. The van der Waals surface area contributed by atoms with E-state index in [1.54, 1.807) is 26.5 Å². The third-order valence-corrected chi connectivity index (χ3v) is 3.35. The van der Waals surface area contributed by atoms with Crippen LogP contribution in [0.3, 0.4) is 0 Å². The van der Waals surface area contributed by atoms with E-state index in [2.05, 4.69) is 20.9 Å². The van der Waals surface area contributed by atoms with Gasteiger partial charge in [-0.3, -0.25) is 4.99 Å². The first kappa shape index (κ1) is 17.0. The van der Waals surface area contributed by atoms with Crippen molar-refractivity contribution in [3.05, 3.63) is 46.4 Å². The predicted octanol–water partition coefficient (Wildman–Crippen LogP) is 3.10. The van der Waals surface area contributed by atoms with Gasteiger partial charge in [-0.25, -0.2) is 0 Å². The lowest BCUT2D eigenvalue weighted by molar-refractivity contribution is 0.405. The molecule has 0 aliphatic rings. The van der Waals surface area contributed by atoms with Crippen molar-refractivity contribution in [3.8, 4) is 17.2 Å². The van der Waals surface area contributed by atoms with E-state index in [0.29, 0.717) is 22.7 Å². The molecule has 0 radical (unpaired) electrons. The molecule has 0 aliphatic carbocycles. The Labute approximate surface area is 131 Å². The van der Waals surface area contributed by atoms with Crippen LogP contribution in [-0.4, -0.2) is 31.0 Å². The molecule has 0 heterocycles. The maximum atomic E-state index is 9.93. The van der Waals surface area contributed by atoms with Crippen LogP contribution in [-0.2, 0) is 0 Å². The molecule has 0 atom stereocenters. The van der Waals surface area contributed by atoms with Crippen molar-refractivity contribution in [2.45, 2.75) is 0 Å². The maximum Gasteiger partial charge on any atom is 0.144 e. The van der Waals surface area contributed by atoms with Crippen LogP contribution in [0.1, 0.15) is 5.56 Å². The Hall–Kier alpha value is -2.05. The molecule has 0 bridgehead atoms. The van der Waals surface area contributed by atoms with Crippen LogP contribution < -0.4 is 9.47 Å². The largest absolute Gasteiger partial charge is 0.507 e. The fourth-order valence-electron chi connectivity index (χ4n) is 1.69. The van der Waals surface area contributed by atoms with Crippen molar-refractivity contribution < 1.29 is 20.1 Å². The number of benzene rings is 2. The van der Waals surface area contributed by atoms with Crippen molar-refractivity contribution in [1.82, 2.24) is 0 Å². The Bertz CT molecular complexity index is 644. The molecule has 6 heteroatoms. The normalized spacial score (nSPS) is 10.2. The summed E-state index contributed by atoms with van der Waals surface area (Å²) in [4.78, 5) is 4.33. The smallest absolute Gasteiger partial charge is 0.144 e. The number of phenolic OH excluding ortho intramolecular Hbond substituents is 1. The summed E-state index contributed by atoms with van der Waals surface area (Å²) in [5.74, 6) is 1.34. The molecule has 5 nitrogen and oxygen atoms in total. The Kier molecular flexibility index (Phi) is 6.20. The van der Waals surface area contributed by atoms with Crippen LogP contribution in [0, 0.1) is 0 Å². The second-order valence-electron chi connectivity index (χ2n) is 3.98. The third kappa shape index (κ3) is 3.96. The summed E-state index contributed by atoms with van der Waals surface area (Å²) < 4.78 is 11.1. The van der Waals surface area contributed by atoms with E-state index in [1.165, 1.54) is 6.07 Å². The number of methoxy groups -OCH3 is 2. The molecule has 112 valence electrons. The molecule has 2 aromatic carbocycles. The average Bonchev–Trinajstić information content (AvgIpc) is 2.48. The van der Waals surface area contributed by atoms with Gasteiger partial charge in [0.15, 0.2) is 0 Å². The van der Waals surface area contributed by atoms with Crippen LogP contribution >= 0.6 is 15.9 Å². The fourth-order valence-corrected chi connectivity index (χ4v) is 2.22. The minimum absolute atomic E-state index is 0. The van der Waals surface area contributed by atoms with Gasteiger partial charge in [0.2, 0.25) is 0 Å². The van der Waals surface area contributed by atoms with Gasteiger partial charge in [0.25, 0.3) is 0 Å².